The van der Waals surface area contributed by atoms with E-state index < -0.39 is 11.2 Å². The summed E-state index contributed by atoms with van der Waals surface area (Å²) in [7, 11) is 0. The van der Waals surface area contributed by atoms with Crippen LogP contribution in [0.25, 0.3) is 0 Å². The summed E-state index contributed by atoms with van der Waals surface area (Å²) in [4.78, 5) is 56.9. The van der Waals surface area contributed by atoms with Gasteiger partial charge in [0.25, 0.3) is 12.4 Å². The highest BCUT2D eigenvalue weighted by atomic mass is 35.5. The van der Waals surface area contributed by atoms with Gasteiger partial charge < -0.3 is 28.9 Å². The SMILES string of the molecule is C.C1CCCC1.CC(C)(C)OC(=O)N1CCN(Cc2ccc(C(=O)N3CCCC3)cc2Cl)CC1.CC(C)(C)OC(=O)N1CCN(Cc2ccc(OC=O)cc2Cl)CC1. The lowest BCUT2D eigenvalue weighted by molar-refractivity contribution is -0.120. The van der Waals surface area contributed by atoms with Crippen LogP contribution in [-0.2, 0) is 27.4 Å². The maximum absolute atomic E-state index is 12.5. The van der Waals surface area contributed by atoms with Crippen LogP contribution in [0, 0.1) is 0 Å². The van der Waals surface area contributed by atoms with Crippen molar-refractivity contribution in [2.24, 2.45) is 0 Å². The van der Waals surface area contributed by atoms with Crippen molar-refractivity contribution in [3.63, 3.8) is 0 Å². The van der Waals surface area contributed by atoms with E-state index in [1.165, 1.54) is 32.1 Å². The lowest BCUT2D eigenvalue weighted by Crippen LogP contribution is -2.49. The summed E-state index contributed by atoms with van der Waals surface area (Å²) in [5.41, 5.74) is 1.67. The number of carbonyl (C=O) groups is 4. The summed E-state index contributed by atoms with van der Waals surface area (Å²) >= 11 is 12.7. The molecule has 0 unspecified atom stereocenters. The van der Waals surface area contributed by atoms with Crippen LogP contribution < -0.4 is 4.74 Å². The fourth-order valence-electron chi connectivity index (χ4n) is 6.89. The van der Waals surface area contributed by atoms with E-state index in [-0.39, 0.29) is 25.5 Å². The number of hydrogen-bond donors (Lipinski definition) is 0. The third-order valence-corrected chi connectivity index (χ3v) is 10.7. The molecule has 2 aromatic carbocycles. The Bertz CT molecular complexity index is 1610. The summed E-state index contributed by atoms with van der Waals surface area (Å²) in [5, 5.41) is 1.18. The Hall–Kier alpha value is -3.58. The summed E-state index contributed by atoms with van der Waals surface area (Å²) in [6.07, 6.45) is 9.13. The first-order valence-electron chi connectivity index (χ1n) is 20.4. The fraction of sp³-hybridized carbons (Fsp3) is 0.636. The molecule has 0 atom stereocenters. The second-order valence-corrected chi connectivity index (χ2v) is 17.8. The second kappa shape index (κ2) is 23.3. The molecule has 2 aromatic rings. The number of amides is 3. The lowest BCUT2D eigenvalue weighted by atomic mass is 10.1. The second-order valence-electron chi connectivity index (χ2n) is 17.0. The predicted molar refractivity (Wildman–Crippen MR) is 231 cm³/mol. The van der Waals surface area contributed by atoms with Crippen molar-refractivity contribution in [1.82, 2.24) is 24.5 Å². The van der Waals surface area contributed by atoms with Crippen LogP contribution in [0.5, 0.6) is 5.75 Å². The summed E-state index contributed by atoms with van der Waals surface area (Å²) in [6.45, 7) is 20.2. The Labute approximate surface area is 357 Å². The zero-order valence-corrected chi connectivity index (χ0v) is 36.3. The molecular formula is C44H67Cl2N5O7. The number of halogens is 2. The summed E-state index contributed by atoms with van der Waals surface area (Å²) in [5.74, 6) is 0.491. The van der Waals surface area contributed by atoms with Crippen LogP contribution in [0.1, 0.15) is 115 Å². The van der Waals surface area contributed by atoms with Crippen molar-refractivity contribution in [1.29, 1.82) is 0 Å². The fourth-order valence-corrected chi connectivity index (χ4v) is 7.36. The van der Waals surface area contributed by atoms with E-state index >= 15 is 0 Å². The van der Waals surface area contributed by atoms with Crippen molar-refractivity contribution in [3.8, 4) is 5.75 Å². The number of nitrogens with zero attached hydrogens (tertiary/aromatic N) is 5. The molecule has 0 spiro atoms. The van der Waals surface area contributed by atoms with E-state index in [4.69, 9.17) is 37.4 Å². The molecule has 324 valence electrons. The number of piperazine rings is 2. The smallest absolute Gasteiger partial charge is 0.410 e. The van der Waals surface area contributed by atoms with Crippen molar-refractivity contribution in [2.45, 2.75) is 118 Å². The van der Waals surface area contributed by atoms with Gasteiger partial charge in [0.05, 0.1) is 0 Å². The van der Waals surface area contributed by atoms with E-state index in [1.54, 1.807) is 28.0 Å². The molecule has 4 aliphatic rings. The number of hydrogen-bond acceptors (Lipinski definition) is 9. The molecule has 3 aliphatic heterocycles. The normalized spacial score (nSPS) is 17.6. The van der Waals surface area contributed by atoms with Gasteiger partial charge in [0.2, 0.25) is 0 Å². The molecular weight excluding hydrogens is 781 g/mol. The van der Waals surface area contributed by atoms with Crippen LogP contribution in [0.15, 0.2) is 36.4 Å². The number of carbonyl (C=O) groups excluding carboxylic acids is 4. The van der Waals surface area contributed by atoms with Gasteiger partial charge in [-0.05, 0) is 89.8 Å². The van der Waals surface area contributed by atoms with Gasteiger partial charge in [-0.15, -0.1) is 0 Å². The monoisotopic (exact) mass is 847 g/mol. The quantitative estimate of drug-likeness (QED) is 0.252. The van der Waals surface area contributed by atoms with Gasteiger partial charge in [0.1, 0.15) is 17.0 Å². The van der Waals surface area contributed by atoms with Crippen molar-refractivity contribution in [3.05, 3.63) is 63.1 Å². The summed E-state index contributed by atoms with van der Waals surface area (Å²) < 4.78 is 15.6. The zero-order chi connectivity index (χ0) is 41.6. The molecule has 3 saturated heterocycles. The highest BCUT2D eigenvalue weighted by molar-refractivity contribution is 6.32. The first-order valence-corrected chi connectivity index (χ1v) is 21.1. The molecule has 0 bridgehead atoms. The Morgan fingerprint density at radius 1 is 0.586 bits per heavy atom. The van der Waals surface area contributed by atoms with Gasteiger partial charge in [-0.3, -0.25) is 19.4 Å². The molecule has 0 N–H and O–H groups in total. The minimum absolute atomic E-state index is 0. The van der Waals surface area contributed by atoms with Crippen LogP contribution in [0.4, 0.5) is 9.59 Å². The van der Waals surface area contributed by atoms with E-state index in [9.17, 15) is 19.2 Å². The standard InChI is InChI=1S/C21H30ClN3O3.C17H23ClN2O4.C5H10.CH4/c1-21(2,3)28-20(27)25-12-10-23(11-13-25)15-17-7-6-16(14-18(17)22)19(26)24-8-4-5-9-24;1-17(2,3)24-16(22)20-8-6-19(7-9-20)11-13-4-5-14(23-12-21)10-15(13)18;1-2-4-5-3-1;/h6-7,14H,4-5,8-13,15H2,1-3H3;4-5,10,12H,6-9,11H2,1-3H3;1-5H2;1H4. The average Bonchev–Trinajstić information content (AvgIpc) is 3.92. The van der Waals surface area contributed by atoms with E-state index in [2.05, 4.69) is 9.80 Å². The molecule has 6 rings (SSSR count). The molecule has 0 aromatic heterocycles. The van der Waals surface area contributed by atoms with Gasteiger partial charge in [-0.1, -0.05) is 74.9 Å². The van der Waals surface area contributed by atoms with Gasteiger partial charge in [-0.2, -0.15) is 0 Å². The maximum Gasteiger partial charge on any atom is 0.410 e. The largest absolute Gasteiger partial charge is 0.444 e. The van der Waals surface area contributed by atoms with Crippen molar-refractivity contribution < 1.29 is 33.4 Å². The topological polar surface area (TPSA) is 112 Å². The zero-order valence-electron chi connectivity index (χ0n) is 34.8. The van der Waals surface area contributed by atoms with E-state index in [0.717, 1.165) is 63.2 Å². The molecule has 3 amide bonds. The molecule has 1 aliphatic carbocycles. The van der Waals surface area contributed by atoms with Gasteiger partial charge in [0.15, 0.2) is 0 Å². The third-order valence-electron chi connectivity index (χ3n) is 9.99. The average molecular weight is 849 g/mol. The van der Waals surface area contributed by atoms with E-state index in [1.807, 2.05) is 64.6 Å². The Morgan fingerprint density at radius 2 is 1.00 bits per heavy atom. The number of rotatable bonds is 7. The number of benzene rings is 2. The van der Waals surface area contributed by atoms with Crippen molar-refractivity contribution in [2.75, 3.05) is 65.4 Å². The Balaban J connectivity index is 0.000000274. The molecule has 3 heterocycles. The van der Waals surface area contributed by atoms with Crippen LogP contribution in [0.3, 0.4) is 0 Å². The van der Waals surface area contributed by atoms with Crippen LogP contribution in [-0.4, -0.2) is 126 Å². The van der Waals surface area contributed by atoms with E-state index in [0.29, 0.717) is 67.1 Å². The molecule has 4 fully saturated rings. The number of ether oxygens (including phenoxy) is 3. The highest BCUT2D eigenvalue weighted by Crippen LogP contribution is 2.25. The van der Waals surface area contributed by atoms with Crippen molar-refractivity contribution >= 4 is 47.8 Å². The van der Waals surface area contributed by atoms with Gasteiger partial charge in [0, 0.05) is 94.1 Å². The maximum atomic E-state index is 12.5. The minimum atomic E-state index is -0.479. The predicted octanol–water partition coefficient (Wildman–Crippen LogP) is 9.14. The molecule has 12 nitrogen and oxygen atoms in total. The Kier molecular flexibility index (Phi) is 19.6. The van der Waals surface area contributed by atoms with Crippen LogP contribution in [0.2, 0.25) is 10.0 Å². The first-order chi connectivity index (χ1) is 27.0. The van der Waals surface area contributed by atoms with Crippen LogP contribution >= 0.6 is 23.2 Å². The minimum Gasteiger partial charge on any atom is -0.444 e. The van der Waals surface area contributed by atoms with Gasteiger partial charge in [-0.25, -0.2) is 9.59 Å². The molecule has 1 saturated carbocycles. The molecule has 58 heavy (non-hydrogen) atoms. The molecule has 0 radical (unpaired) electrons. The molecule has 14 heteroatoms. The lowest BCUT2D eigenvalue weighted by Gasteiger charge is -2.35. The van der Waals surface area contributed by atoms with Gasteiger partial charge >= 0.3 is 12.2 Å². The third kappa shape index (κ3) is 16.6. The highest BCUT2D eigenvalue weighted by Gasteiger charge is 2.28. The summed E-state index contributed by atoms with van der Waals surface area (Å²) in [6, 6.07) is 10.8. The first kappa shape index (κ1) is 48.8. The number of likely N-dealkylation sites (tertiary alicyclic amines) is 1. The Morgan fingerprint density at radius 3 is 1.38 bits per heavy atom.